The zero-order valence-electron chi connectivity index (χ0n) is 16.8. The molecule has 0 saturated carbocycles. The fraction of sp³-hybridized carbons (Fsp3) is 0.136. The van der Waals surface area contributed by atoms with Crippen molar-refractivity contribution in [1.82, 2.24) is 0 Å². The molecule has 1 N–H and O–H groups in total. The average molecular weight is 479 g/mol. The molecule has 31 heavy (non-hydrogen) atoms. The number of amides is 1. The van der Waals surface area contributed by atoms with E-state index in [1.165, 1.54) is 25.3 Å². The summed E-state index contributed by atoms with van der Waals surface area (Å²) in [7, 11) is -2.75. The van der Waals surface area contributed by atoms with Crippen molar-refractivity contribution < 1.29 is 17.9 Å². The van der Waals surface area contributed by atoms with E-state index in [9.17, 15) is 13.2 Å². The van der Waals surface area contributed by atoms with E-state index >= 15 is 0 Å². The predicted molar refractivity (Wildman–Crippen MR) is 124 cm³/mol. The van der Waals surface area contributed by atoms with Crippen molar-refractivity contribution in [3.8, 4) is 5.75 Å². The van der Waals surface area contributed by atoms with Crippen LogP contribution in [0.5, 0.6) is 5.75 Å². The van der Waals surface area contributed by atoms with E-state index in [0.717, 1.165) is 9.87 Å². The van der Waals surface area contributed by atoms with Crippen LogP contribution in [-0.2, 0) is 14.8 Å². The summed E-state index contributed by atoms with van der Waals surface area (Å²) in [6.45, 7) is 1.42. The van der Waals surface area contributed by atoms with Crippen molar-refractivity contribution >= 4 is 50.5 Å². The molecule has 0 atom stereocenters. The molecule has 3 aromatic rings. The number of para-hydroxylation sites is 2. The lowest BCUT2D eigenvalue weighted by molar-refractivity contribution is -0.114. The van der Waals surface area contributed by atoms with Crippen LogP contribution in [0.15, 0.2) is 71.6 Å². The van der Waals surface area contributed by atoms with Crippen LogP contribution in [0.1, 0.15) is 5.56 Å². The first kappa shape index (κ1) is 22.9. The Labute approximate surface area is 191 Å². The monoisotopic (exact) mass is 478 g/mol. The summed E-state index contributed by atoms with van der Waals surface area (Å²) in [5.41, 5.74) is 1.75. The highest BCUT2D eigenvalue weighted by Crippen LogP contribution is 2.34. The number of methoxy groups -OCH3 is 1. The standard InChI is InChI=1S/C22H20Cl2N2O4S/c1-15-6-5-7-16(12-15)25-22(27)14-26(20-8-3-4-9-21(20)30-2)31(28,29)17-10-11-18(23)19(24)13-17/h3-13H,14H2,1-2H3,(H,25,27). The van der Waals surface area contributed by atoms with Gasteiger partial charge in [-0.15, -0.1) is 0 Å². The normalized spacial score (nSPS) is 11.1. The quantitative estimate of drug-likeness (QED) is 0.509. The Morgan fingerprint density at radius 3 is 2.42 bits per heavy atom. The molecule has 0 radical (unpaired) electrons. The van der Waals surface area contributed by atoms with Crippen molar-refractivity contribution in [2.75, 3.05) is 23.3 Å². The maximum Gasteiger partial charge on any atom is 0.264 e. The molecular weight excluding hydrogens is 459 g/mol. The van der Waals surface area contributed by atoms with Crippen molar-refractivity contribution in [2.45, 2.75) is 11.8 Å². The number of hydrogen-bond acceptors (Lipinski definition) is 4. The van der Waals surface area contributed by atoms with Gasteiger partial charge >= 0.3 is 0 Å². The number of benzene rings is 3. The third-order valence-corrected chi connectivity index (χ3v) is 6.92. The molecule has 0 heterocycles. The van der Waals surface area contributed by atoms with Gasteiger partial charge in [0, 0.05) is 5.69 Å². The Balaban J connectivity index is 2.02. The van der Waals surface area contributed by atoms with Crippen molar-refractivity contribution in [2.24, 2.45) is 0 Å². The Morgan fingerprint density at radius 1 is 1.00 bits per heavy atom. The first-order valence-electron chi connectivity index (χ1n) is 9.19. The summed E-state index contributed by atoms with van der Waals surface area (Å²) in [4.78, 5) is 12.7. The number of ether oxygens (including phenoxy) is 1. The number of aryl methyl sites for hydroxylation is 1. The van der Waals surface area contributed by atoms with Crippen LogP contribution in [0.3, 0.4) is 0 Å². The van der Waals surface area contributed by atoms with E-state index < -0.39 is 22.5 Å². The summed E-state index contributed by atoms with van der Waals surface area (Å²) >= 11 is 12.0. The zero-order chi connectivity index (χ0) is 22.6. The number of carbonyl (C=O) groups excluding carboxylic acids is 1. The molecule has 1 amide bonds. The van der Waals surface area contributed by atoms with Gasteiger partial charge in [0.25, 0.3) is 10.0 Å². The number of rotatable bonds is 7. The molecule has 0 aliphatic rings. The fourth-order valence-electron chi connectivity index (χ4n) is 2.95. The second kappa shape index (κ2) is 9.60. The van der Waals surface area contributed by atoms with Gasteiger partial charge < -0.3 is 10.1 Å². The largest absolute Gasteiger partial charge is 0.495 e. The molecule has 0 saturated heterocycles. The highest BCUT2D eigenvalue weighted by molar-refractivity contribution is 7.92. The molecule has 3 aromatic carbocycles. The van der Waals surface area contributed by atoms with E-state index in [1.54, 1.807) is 42.5 Å². The molecule has 9 heteroatoms. The van der Waals surface area contributed by atoms with Crippen LogP contribution in [0.25, 0.3) is 0 Å². The number of halogens is 2. The smallest absolute Gasteiger partial charge is 0.264 e. The lowest BCUT2D eigenvalue weighted by Crippen LogP contribution is -2.38. The Bertz CT molecular complexity index is 1220. The predicted octanol–water partition coefficient (Wildman–Crippen LogP) is 5.14. The van der Waals surface area contributed by atoms with E-state index in [0.29, 0.717) is 11.4 Å². The number of nitrogens with one attached hydrogen (secondary N) is 1. The van der Waals surface area contributed by atoms with Gasteiger partial charge in [0.2, 0.25) is 5.91 Å². The molecule has 162 valence electrons. The minimum atomic E-state index is -4.17. The molecule has 0 aliphatic carbocycles. The molecule has 0 unspecified atom stereocenters. The van der Waals surface area contributed by atoms with Crippen LogP contribution < -0.4 is 14.4 Å². The number of nitrogens with zero attached hydrogens (tertiary/aromatic N) is 1. The van der Waals surface area contributed by atoms with Crippen LogP contribution in [0.4, 0.5) is 11.4 Å². The number of hydrogen-bond donors (Lipinski definition) is 1. The van der Waals surface area contributed by atoms with Gasteiger partial charge in [-0.2, -0.15) is 0 Å². The van der Waals surface area contributed by atoms with Crippen molar-refractivity contribution in [3.63, 3.8) is 0 Å². The molecule has 3 rings (SSSR count). The molecule has 0 bridgehead atoms. The van der Waals surface area contributed by atoms with Gasteiger partial charge in [0.15, 0.2) is 0 Å². The van der Waals surface area contributed by atoms with Gasteiger partial charge in [-0.05, 0) is 55.0 Å². The Hall–Kier alpha value is -2.74. The molecular formula is C22H20Cl2N2O4S. The van der Waals surface area contributed by atoms with Crippen LogP contribution in [0.2, 0.25) is 10.0 Å². The summed E-state index contributed by atoms with van der Waals surface area (Å²) in [6, 6.07) is 17.7. The minimum absolute atomic E-state index is 0.0898. The maximum atomic E-state index is 13.5. The highest BCUT2D eigenvalue weighted by atomic mass is 35.5. The minimum Gasteiger partial charge on any atom is -0.495 e. The third-order valence-electron chi connectivity index (χ3n) is 4.42. The first-order valence-corrected chi connectivity index (χ1v) is 11.4. The second-order valence-electron chi connectivity index (χ2n) is 6.68. The summed E-state index contributed by atoms with van der Waals surface area (Å²) < 4.78 is 33.3. The van der Waals surface area contributed by atoms with Crippen molar-refractivity contribution in [3.05, 3.63) is 82.3 Å². The third kappa shape index (κ3) is 5.31. The summed E-state index contributed by atoms with van der Waals surface area (Å²) in [5.74, 6) is -0.213. The number of anilines is 2. The number of carbonyl (C=O) groups is 1. The average Bonchev–Trinajstić information content (AvgIpc) is 2.73. The zero-order valence-corrected chi connectivity index (χ0v) is 19.1. The van der Waals surface area contributed by atoms with Gasteiger partial charge in [-0.3, -0.25) is 9.10 Å². The van der Waals surface area contributed by atoms with E-state index in [-0.39, 0.29) is 20.6 Å². The van der Waals surface area contributed by atoms with Crippen LogP contribution >= 0.6 is 23.2 Å². The molecule has 0 fully saturated rings. The van der Waals surface area contributed by atoms with Gasteiger partial charge in [-0.25, -0.2) is 8.42 Å². The lowest BCUT2D eigenvalue weighted by Gasteiger charge is -2.25. The SMILES string of the molecule is COc1ccccc1N(CC(=O)Nc1cccc(C)c1)S(=O)(=O)c1ccc(Cl)c(Cl)c1. The van der Waals surface area contributed by atoms with Gasteiger partial charge in [0.05, 0.1) is 27.7 Å². The topological polar surface area (TPSA) is 75.7 Å². The summed E-state index contributed by atoms with van der Waals surface area (Å²) in [5, 5.41) is 3.04. The lowest BCUT2D eigenvalue weighted by atomic mass is 10.2. The first-order chi connectivity index (χ1) is 14.7. The maximum absolute atomic E-state index is 13.5. The second-order valence-corrected chi connectivity index (χ2v) is 9.35. The van der Waals surface area contributed by atoms with Crippen LogP contribution in [-0.4, -0.2) is 28.0 Å². The molecule has 0 aliphatic heterocycles. The van der Waals surface area contributed by atoms with Crippen molar-refractivity contribution in [1.29, 1.82) is 0 Å². The van der Waals surface area contributed by atoms with E-state index in [1.807, 2.05) is 13.0 Å². The Morgan fingerprint density at radius 2 is 1.74 bits per heavy atom. The Kier molecular flexibility index (Phi) is 7.10. The van der Waals surface area contributed by atoms with E-state index in [4.69, 9.17) is 27.9 Å². The molecule has 0 spiro atoms. The summed E-state index contributed by atoms with van der Waals surface area (Å²) in [6.07, 6.45) is 0. The molecule has 0 aromatic heterocycles. The van der Waals surface area contributed by atoms with E-state index in [2.05, 4.69) is 5.32 Å². The molecule has 6 nitrogen and oxygen atoms in total. The number of sulfonamides is 1. The fourth-order valence-corrected chi connectivity index (χ4v) is 4.77. The van der Waals surface area contributed by atoms with Gasteiger partial charge in [0.1, 0.15) is 12.3 Å². The van der Waals surface area contributed by atoms with Crippen LogP contribution in [0, 0.1) is 6.92 Å². The highest BCUT2D eigenvalue weighted by Gasteiger charge is 2.30. The van der Waals surface area contributed by atoms with Gasteiger partial charge in [-0.1, -0.05) is 47.5 Å².